The molecule has 0 aromatic heterocycles. The van der Waals surface area contributed by atoms with Gasteiger partial charge in [-0.25, -0.2) is 0 Å². The van der Waals surface area contributed by atoms with Gasteiger partial charge < -0.3 is 9.64 Å². The third-order valence-corrected chi connectivity index (χ3v) is 3.49. The fourth-order valence-electron chi connectivity index (χ4n) is 2.22. The summed E-state index contributed by atoms with van der Waals surface area (Å²) in [6.07, 6.45) is 1.40. The molecule has 0 spiro atoms. The number of benzene rings is 2. The Morgan fingerprint density at radius 2 is 1.86 bits per heavy atom. The van der Waals surface area contributed by atoms with E-state index in [0.29, 0.717) is 6.42 Å². The maximum absolute atomic E-state index is 12.0. The Hall–Kier alpha value is -2.29. The normalized spacial score (nSPS) is 10.2. The molecule has 0 saturated carbocycles. The van der Waals surface area contributed by atoms with E-state index in [2.05, 4.69) is 4.90 Å². The molecule has 3 nitrogen and oxygen atoms in total. The van der Waals surface area contributed by atoms with Gasteiger partial charge in [-0.2, -0.15) is 0 Å². The molecule has 21 heavy (non-hydrogen) atoms. The highest BCUT2D eigenvalue weighted by Crippen LogP contribution is 2.20. The highest BCUT2D eigenvalue weighted by Gasteiger charge is 2.07. The minimum absolute atomic E-state index is 0.203. The predicted molar refractivity (Wildman–Crippen MR) is 86.3 cm³/mol. The Morgan fingerprint density at radius 1 is 1.10 bits per heavy atom. The third kappa shape index (κ3) is 4.35. The molecule has 2 aromatic rings. The van der Waals surface area contributed by atoms with Crippen molar-refractivity contribution in [3.63, 3.8) is 0 Å². The van der Waals surface area contributed by atoms with Crippen molar-refractivity contribution in [3.05, 3.63) is 60.2 Å². The summed E-state index contributed by atoms with van der Waals surface area (Å²) >= 11 is 0. The Bertz CT molecular complexity index is 581. The van der Waals surface area contributed by atoms with Gasteiger partial charge >= 0.3 is 0 Å². The summed E-state index contributed by atoms with van der Waals surface area (Å²) < 4.78 is 5.22. The lowest BCUT2D eigenvalue weighted by molar-refractivity contribution is 0.0981. The lowest BCUT2D eigenvalue weighted by atomic mass is 10.1. The van der Waals surface area contributed by atoms with E-state index in [-0.39, 0.29) is 5.78 Å². The van der Waals surface area contributed by atoms with E-state index in [1.54, 1.807) is 7.11 Å². The number of anilines is 1. The van der Waals surface area contributed by atoms with Crippen molar-refractivity contribution >= 4 is 11.5 Å². The van der Waals surface area contributed by atoms with Gasteiger partial charge in [0.25, 0.3) is 0 Å². The van der Waals surface area contributed by atoms with Gasteiger partial charge in [0, 0.05) is 37.3 Å². The lowest BCUT2D eigenvalue weighted by Gasteiger charge is -2.19. The minimum atomic E-state index is 0.203. The number of hydrogen-bond donors (Lipinski definition) is 0. The maximum Gasteiger partial charge on any atom is 0.162 e. The fourth-order valence-corrected chi connectivity index (χ4v) is 2.22. The highest BCUT2D eigenvalue weighted by atomic mass is 16.5. The fraction of sp³-hybridized carbons (Fsp3) is 0.278. The number of carbonyl (C=O) groups is 1. The van der Waals surface area contributed by atoms with Crippen molar-refractivity contribution in [3.8, 4) is 5.75 Å². The SMILES string of the molecule is COc1cccc(N(C)CCCC(=O)c2ccccc2)c1. The molecule has 0 aliphatic heterocycles. The van der Waals surface area contributed by atoms with Crippen LogP contribution >= 0.6 is 0 Å². The highest BCUT2D eigenvalue weighted by molar-refractivity contribution is 5.95. The number of ether oxygens (including phenoxy) is 1. The first-order chi connectivity index (χ1) is 10.2. The summed E-state index contributed by atoms with van der Waals surface area (Å²) in [5, 5.41) is 0. The van der Waals surface area contributed by atoms with Crippen LogP contribution in [0.25, 0.3) is 0 Å². The van der Waals surface area contributed by atoms with Crippen LogP contribution in [0, 0.1) is 0 Å². The summed E-state index contributed by atoms with van der Waals surface area (Å²) in [6.45, 7) is 0.839. The quantitative estimate of drug-likeness (QED) is 0.724. The third-order valence-electron chi connectivity index (χ3n) is 3.49. The zero-order valence-electron chi connectivity index (χ0n) is 12.6. The van der Waals surface area contributed by atoms with Gasteiger partial charge in [-0.3, -0.25) is 4.79 Å². The van der Waals surface area contributed by atoms with Crippen LogP contribution in [0.4, 0.5) is 5.69 Å². The summed E-state index contributed by atoms with van der Waals surface area (Å²) in [7, 11) is 3.69. The second-order valence-corrected chi connectivity index (χ2v) is 5.02. The largest absolute Gasteiger partial charge is 0.497 e. The molecule has 0 aliphatic carbocycles. The van der Waals surface area contributed by atoms with Gasteiger partial charge in [0.15, 0.2) is 5.78 Å². The van der Waals surface area contributed by atoms with E-state index < -0.39 is 0 Å². The number of carbonyl (C=O) groups excluding carboxylic acids is 1. The first-order valence-corrected chi connectivity index (χ1v) is 7.14. The standard InChI is InChI=1S/C18H21NO2/c1-19(16-10-6-11-17(14-16)21-2)13-7-12-18(20)15-8-4-3-5-9-15/h3-6,8-11,14H,7,12-13H2,1-2H3. The van der Waals surface area contributed by atoms with Crippen molar-refractivity contribution in [2.24, 2.45) is 0 Å². The molecule has 0 bridgehead atoms. The van der Waals surface area contributed by atoms with Crippen molar-refractivity contribution in [1.82, 2.24) is 0 Å². The van der Waals surface area contributed by atoms with E-state index in [1.807, 2.05) is 61.6 Å². The number of Topliss-reactive ketones (excluding diaryl/α,β-unsaturated/α-hetero) is 1. The number of nitrogens with zero attached hydrogens (tertiary/aromatic N) is 1. The van der Waals surface area contributed by atoms with Gasteiger partial charge in [-0.05, 0) is 18.6 Å². The molecule has 0 atom stereocenters. The number of methoxy groups -OCH3 is 1. The van der Waals surface area contributed by atoms with Crippen LogP contribution in [0.15, 0.2) is 54.6 Å². The monoisotopic (exact) mass is 283 g/mol. The molecule has 110 valence electrons. The Balaban J connectivity index is 1.84. The topological polar surface area (TPSA) is 29.5 Å². The number of ketones is 1. The van der Waals surface area contributed by atoms with Crippen molar-refractivity contribution < 1.29 is 9.53 Å². The average Bonchev–Trinajstić information content (AvgIpc) is 2.55. The molecule has 2 rings (SSSR count). The zero-order chi connectivity index (χ0) is 15.1. The molecular weight excluding hydrogens is 262 g/mol. The van der Waals surface area contributed by atoms with Crippen LogP contribution in [0.2, 0.25) is 0 Å². The molecule has 2 aromatic carbocycles. The lowest BCUT2D eigenvalue weighted by Crippen LogP contribution is -2.19. The van der Waals surface area contributed by atoms with Crippen LogP contribution in [0.3, 0.4) is 0 Å². The van der Waals surface area contributed by atoms with Gasteiger partial charge in [0.2, 0.25) is 0 Å². The van der Waals surface area contributed by atoms with Gasteiger partial charge in [-0.15, -0.1) is 0 Å². The van der Waals surface area contributed by atoms with Crippen molar-refractivity contribution in [2.75, 3.05) is 25.6 Å². The molecular formula is C18H21NO2. The minimum Gasteiger partial charge on any atom is -0.497 e. The Kier molecular flexibility index (Phi) is 5.38. The van der Waals surface area contributed by atoms with Gasteiger partial charge in [0.05, 0.1) is 7.11 Å². The first kappa shape index (κ1) is 15.1. The second-order valence-electron chi connectivity index (χ2n) is 5.02. The molecule has 0 N–H and O–H groups in total. The van der Waals surface area contributed by atoms with E-state index >= 15 is 0 Å². The van der Waals surface area contributed by atoms with Crippen molar-refractivity contribution in [2.45, 2.75) is 12.8 Å². The molecule has 3 heteroatoms. The maximum atomic E-state index is 12.0. The zero-order valence-corrected chi connectivity index (χ0v) is 12.6. The molecule has 0 radical (unpaired) electrons. The van der Waals surface area contributed by atoms with Crippen LogP contribution in [-0.2, 0) is 0 Å². The molecule has 0 amide bonds. The van der Waals surface area contributed by atoms with E-state index in [1.165, 1.54) is 0 Å². The first-order valence-electron chi connectivity index (χ1n) is 7.14. The predicted octanol–water partition coefficient (Wildman–Crippen LogP) is 3.79. The summed E-state index contributed by atoms with van der Waals surface area (Å²) in [5.41, 5.74) is 1.89. The smallest absolute Gasteiger partial charge is 0.162 e. The molecule has 0 fully saturated rings. The second kappa shape index (κ2) is 7.48. The molecule has 0 aliphatic rings. The summed E-state index contributed by atoms with van der Waals surface area (Å²) in [4.78, 5) is 14.2. The number of rotatable bonds is 7. The summed E-state index contributed by atoms with van der Waals surface area (Å²) in [5.74, 6) is 1.05. The Morgan fingerprint density at radius 3 is 2.57 bits per heavy atom. The Labute approximate surface area is 126 Å². The van der Waals surface area contributed by atoms with E-state index in [9.17, 15) is 4.79 Å². The van der Waals surface area contributed by atoms with E-state index in [4.69, 9.17) is 4.74 Å². The van der Waals surface area contributed by atoms with Gasteiger partial charge in [-0.1, -0.05) is 36.4 Å². The van der Waals surface area contributed by atoms with Crippen LogP contribution < -0.4 is 9.64 Å². The summed E-state index contributed by atoms with van der Waals surface area (Å²) in [6, 6.07) is 17.4. The van der Waals surface area contributed by atoms with Crippen LogP contribution in [0.5, 0.6) is 5.75 Å². The van der Waals surface area contributed by atoms with Crippen LogP contribution in [0.1, 0.15) is 23.2 Å². The molecule has 0 saturated heterocycles. The van der Waals surface area contributed by atoms with Crippen LogP contribution in [-0.4, -0.2) is 26.5 Å². The van der Waals surface area contributed by atoms with E-state index in [0.717, 1.165) is 30.0 Å². The average molecular weight is 283 g/mol. The van der Waals surface area contributed by atoms with Gasteiger partial charge in [0.1, 0.15) is 5.75 Å². The molecule has 0 heterocycles. The molecule has 0 unspecified atom stereocenters. The number of hydrogen-bond acceptors (Lipinski definition) is 3. The van der Waals surface area contributed by atoms with Crippen molar-refractivity contribution in [1.29, 1.82) is 0 Å².